The van der Waals surface area contributed by atoms with Gasteiger partial charge in [-0.2, -0.15) is 17.9 Å². The molecular weight excluding hydrogens is 672 g/mol. The summed E-state index contributed by atoms with van der Waals surface area (Å²) >= 11 is 12.3. The Morgan fingerprint density at radius 2 is 1.89 bits per heavy atom. The monoisotopic (exact) mass is 696 g/mol. The molecule has 0 unspecified atom stereocenters. The molecule has 0 N–H and O–H groups in total. The van der Waals surface area contributed by atoms with Crippen LogP contribution in [0.15, 0.2) is 50.7 Å². The van der Waals surface area contributed by atoms with E-state index in [2.05, 4.69) is 16.2 Å². The predicted molar refractivity (Wildman–Crippen MR) is 162 cm³/mol. The van der Waals surface area contributed by atoms with E-state index in [9.17, 15) is 31.2 Å². The third-order valence-corrected chi connectivity index (χ3v) is 8.99. The molecule has 0 radical (unpaired) electrons. The van der Waals surface area contributed by atoms with E-state index in [4.69, 9.17) is 38.9 Å². The van der Waals surface area contributed by atoms with Crippen LogP contribution in [0, 0.1) is 12.3 Å². The summed E-state index contributed by atoms with van der Waals surface area (Å²) in [5, 5.41) is 8.59. The number of terminal acetylenes is 1. The van der Waals surface area contributed by atoms with Gasteiger partial charge in [0.05, 0.1) is 38.0 Å². The number of alkyl halides is 3. The fourth-order valence-electron chi connectivity index (χ4n) is 4.86. The molecule has 1 saturated carbocycles. The molecule has 1 aliphatic heterocycles. The van der Waals surface area contributed by atoms with Gasteiger partial charge in [0, 0.05) is 36.8 Å². The number of rotatable bonds is 7. The number of aryl methyl sites for hydroxylation is 1. The van der Waals surface area contributed by atoms with Gasteiger partial charge in [0.1, 0.15) is 18.2 Å². The lowest BCUT2D eigenvalue weighted by atomic mass is 10.0. The maximum absolute atomic E-state index is 12.8. The number of aromatic nitrogens is 4. The third-order valence-electron chi connectivity index (χ3n) is 7.26. The number of ketones is 1. The maximum Gasteiger partial charge on any atom is 0.416 e. The summed E-state index contributed by atoms with van der Waals surface area (Å²) in [7, 11) is -4.04. The molecule has 1 fully saturated rings. The lowest BCUT2D eigenvalue weighted by Gasteiger charge is -2.11. The van der Waals surface area contributed by atoms with Crippen LogP contribution in [0.25, 0.3) is 5.69 Å². The number of halogens is 5. The van der Waals surface area contributed by atoms with E-state index in [-0.39, 0.29) is 29.3 Å². The quantitative estimate of drug-likeness (QED) is 0.173. The van der Waals surface area contributed by atoms with Crippen molar-refractivity contribution in [3.05, 3.63) is 85.3 Å². The Labute approximate surface area is 271 Å². The highest BCUT2D eigenvalue weighted by Crippen LogP contribution is 2.42. The number of fused-ring (bicyclic) bond motifs is 1. The summed E-state index contributed by atoms with van der Waals surface area (Å²) < 4.78 is 75.6. The Morgan fingerprint density at radius 3 is 2.52 bits per heavy atom. The molecule has 2 aromatic carbocycles. The van der Waals surface area contributed by atoms with E-state index in [1.54, 1.807) is 10.6 Å². The van der Waals surface area contributed by atoms with Gasteiger partial charge in [0.15, 0.2) is 21.4 Å². The minimum absolute atomic E-state index is 0.0441. The zero-order valence-corrected chi connectivity index (χ0v) is 26.4. The molecule has 3 heterocycles. The van der Waals surface area contributed by atoms with Crippen LogP contribution in [0.4, 0.5) is 13.2 Å². The predicted octanol–water partition coefficient (Wildman–Crippen LogP) is 5.89. The molecule has 1 aliphatic carbocycles. The average Bonchev–Trinajstić information content (AvgIpc) is 3.64. The molecule has 4 aromatic rings. The summed E-state index contributed by atoms with van der Waals surface area (Å²) in [6, 6.07) is 5.15. The third kappa shape index (κ3) is 7.01. The van der Waals surface area contributed by atoms with Crippen molar-refractivity contribution in [2.75, 3.05) is 12.9 Å². The fourth-order valence-corrected chi connectivity index (χ4v) is 6.28. The molecule has 0 spiro atoms. The van der Waals surface area contributed by atoms with Crippen molar-refractivity contribution >= 4 is 38.8 Å². The van der Waals surface area contributed by atoms with Gasteiger partial charge in [-0.05, 0) is 49.9 Å². The van der Waals surface area contributed by atoms with Gasteiger partial charge < -0.3 is 9.26 Å². The Bertz CT molecular complexity index is 2020. The molecule has 0 atom stereocenters. The van der Waals surface area contributed by atoms with Crippen LogP contribution >= 0.6 is 23.2 Å². The van der Waals surface area contributed by atoms with Gasteiger partial charge in [-0.25, -0.2) is 13.2 Å². The van der Waals surface area contributed by atoms with Gasteiger partial charge in [-0.3, -0.25) is 9.36 Å². The van der Waals surface area contributed by atoms with Crippen LogP contribution in [0.2, 0.25) is 10.0 Å². The van der Waals surface area contributed by atoms with Crippen molar-refractivity contribution < 1.29 is 35.6 Å². The summed E-state index contributed by atoms with van der Waals surface area (Å²) in [6.45, 7) is 0.759. The lowest BCUT2D eigenvalue weighted by Crippen LogP contribution is -2.26. The van der Waals surface area contributed by atoms with E-state index >= 15 is 0 Å². The molecule has 10 nitrogen and oxygen atoms in total. The lowest BCUT2D eigenvalue weighted by molar-refractivity contribution is -0.137. The molecule has 242 valence electrons. The highest BCUT2D eigenvalue weighted by molar-refractivity contribution is 7.90. The Kier molecular flexibility index (Phi) is 9.40. The first kappa shape index (κ1) is 33.3. The molecule has 0 saturated heterocycles. The number of carbonyl (C=O) groups is 1. The van der Waals surface area contributed by atoms with Crippen LogP contribution in [0.1, 0.15) is 64.7 Å². The second-order valence-electron chi connectivity index (χ2n) is 10.6. The maximum atomic E-state index is 12.8. The minimum atomic E-state index is -4.71. The number of nitrogens with zero attached hydrogens (tertiary/aromatic N) is 4. The average molecular weight is 698 g/mol. The normalized spacial score (nSPS) is 14.5. The highest BCUT2D eigenvalue weighted by atomic mass is 35.5. The first-order chi connectivity index (χ1) is 21.7. The SMILES string of the molecule is C#CCOc1cc(-n2nc3n(c2=O)CCCC3)c(Cl)cc1Cl.CS(=O)(=O)c1cc(C(F)(F)F)ccc1C(=O)c1cnoc1C1CC1. The van der Waals surface area contributed by atoms with Crippen LogP contribution < -0.4 is 10.4 Å². The topological polar surface area (TPSA) is 126 Å². The number of ether oxygens (including phenoxy) is 1. The Hall–Kier alpha value is -4.06. The van der Waals surface area contributed by atoms with Crippen molar-refractivity contribution in [1.82, 2.24) is 19.5 Å². The number of sulfone groups is 1. The van der Waals surface area contributed by atoms with Crippen molar-refractivity contribution in [3.8, 4) is 23.8 Å². The van der Waals surface area contributed by atoms with Crippen LogP contribution in [0.3, 0.4) is 0 Å². The van der Waals surface area contributed by atoms with Gasteiger partial charge in [0.25, 0.3) is 0 Å². The molecule has 0 bridgehead atoms. The highest BCUT2D eigenvalue weighted by Gasteiger charge is 2.36. The van der Waals surface area contributed by atoms with Crippen molar-refractivity contribution in [2.45, 2.75) is 55.6 Å². The molecule has 16 heteroatoms. The molecule has 0 amide bonds. The van der Waals surface area contributed by atoms with Crippen LogP contribution in [-0.4, -0.2) is 46.6 Å². The minimum Gasteiger partial charge on any atom is -0.479 e. The second-order valence-corrected chi connectivity index (χ2v) is 13.4. The largest absolute Gasteiger partial charge is 0.479 e. The van der Waals surface area contributed by atoms with Gasteiger partial charge >= 0.3 is 11.9 Å². The molecule has 6 rings (SSSR count). The molecule has 46 heavy (non-hydrogen) atoms. The Morgan fingerprint density at radius 1 is 1.15 bits per heavy atom. The number of carbonyl (C=O) groups excluding carboxylic acids is 1. The van der Waals surface area contributed by atoms with E-state index in [0.29, 0.717) is 45.9 Å². The van der Waals surface area contributed by atoms with Crippen molar-refractivity contribution in [1.29, 1.82) is 0 Å². The molecular formula is C30H25Cl2F3N4O6S. The smallest absolute Gasteiger partial charge is 0.416 e. The summed E-state index contributed by atoms with van der Waals surface area (Å²) in [4.78, 5) is 24.5. The zero-order valence-electron chi connectivity index (χ0n) is 24.1. The standard InChI is InChI=1S/C15H13Cl2N3O2.C15H12F3NO4S/c1-2-7-22-13-9-12(10(16)8-11(13)17)20-15(21)19-6-4-3-5-14(19)18-20;1-24(21,22)12-6-9(15(16,17)18)4-5-10(12)13(20)11-7-19-23-14(11)8-2-3-8/h1,8-9H,3-7H2;4-8H,2-3H2,1H3. The number of benzene rings is 2. The van der Waals surface area contributed by atoms with Crippen LogP contribution in [-0.2, 0) is 29.0 Å². The summed E-state index contributed by atoms with van der Waals surface area (Å²) in [6.07, 6.45) is 6.83. The van der Waals surface area contributed by atoms with Gasteiger partial charge in [0.2, 0.25) is 0 Å². The van der Waals surface area contributed by atoms with E-state index in [0.717, 1.165) is 50.3 Å². The first-order valence-corrected chi connectivity index (χ1v) is 16.5. The Balaban J connectivity index is 0.000000182. The molecule has 2 aromatic heterocycles. The number of hydrogen-bond acceptors (Lipinski definition) is 8. The summed E-state index contributed by atoms with van der Waals surface area (Å²) in [5.41, 5.74) is -1.14. The second kappa shape index (κ2) is 13.0. The van der Waals surface area contributed by atoms with E-state index in [1.807, 2.05) is 0 Å². The zero-order chi connectivity index (χ0) is 33.4. The summed E-state index contributed by atoms with van der Waals surface area (Å²) in [5.74, 6) is 3.19. The van der Waals surface area contributed by atoms with Crippen molar-refractivity contribution in [3.63, 3.8) is 0 Å². The van der Waals surface area contributed by atoms with E-state index in [1.165, 1.54) is 16.9 Å². The van der Waals surface area contributed by atoms with Gasteiger partial charge in [-0.1, -0.05) is 34.3 Å². The van der Waals surface area contributed by atoms with E-state index < -0.39 is 32.3 Å². The number of hydrogen-bond donors (Lipinski definition) is 0. The van der Waals surface area contributed by atoms with Crippen molar-refractivity contribution in [2.24, 2.45) is 0 Å². The van der Waals surface area contributed by atoms with Gasteiger partial charge in [-0.15, -0.1) is 11.5 Å². The van der Waals surface area contributed by atoms with Crippen LogP contribution in [0.5, 0.6) is 5.75 Å². The molecule has 2 aliphatic rings. The first-order valence-electron chi connectivity index (χ1n) is 13.9. The fraction of sp³-hybridized carbons (Fsp3) is 0.333.